The summed E-state index contributed by atoms with van der Waals surface area (Å²) in [5.74, 6) is -1.87. The Morgan fingerprint density at radius 1 is 1.27 bits per heavy atom. The number of alkyl halides is 3. The van der Waals surface area contributed by atoms with Gasteiger partial charge >= 0.3 is 12.1 Å². The van der Waals surface area contributed by atoms with E-state index in [1.54, 1.807) is 12.2 Å². The second-order valence-corrected chi connectivity index (χ2v) is 3.50. The molecule has 0 aromatic rings. The van der Waals surface area contributed by atoms with Crippen LogP contribution in [0.5, 0.6) is 0 Å². The number of halogens is 3. The minimum atomic E-state index is -4.83. The molecule has 1 heterocycles. The van der Waals surface area contributed by atoms with Gasteiger partial charge in [0.15, 0.2) is 0 Å². The Kier molecular flexibility index (Phi) is 3.18. The van der Waals surface area contributed by atoms with Crippen LogP contribution in [0.25, 0.3) is 0 Å². The quantitative estimate of drug-likeness (QED) is 0.658. The van der Waals surface area contributed by atoms with E-state index < -0.39 is 12.1 Å². The van der Waals surface area contributed by atoms with Crippen LogP contribution < -0.4 is 4.90 Å². The third-order valence-electron chi connectivity index (χ3n) is 2.05. The van der Waals surface area contributed by atoms with Crippen LogP contribution in [-0.2, 0) is 4.79 Å². The van der Waals surface area contributed by atoms with Gasteiger partial charge in [0.1, 0.15) is 6.04 Å². The van der Waals surface area contributed by atoms with Crippen LogP contribution in [0.1, 0.15) is 0 Å². The standard InChI is InChI=1S/C9H11F3N2O/c1-13(2)7-3-5-14(6-4-7)8(15)9(10,11)12/h3-7H,1-2H3/p+1. The molecule has 0 aliphatic carbocycles. The fourth-order valence-corrected chi connectivity index (χ4v) is 1.15. The molecule has 1 amide bonds. The van der Waals surface area contributed by atoms with Crippen molar-refractivity contribution in [2.75, 3.05) is 14.1 Å². The van der Waals surface area contributed by atoms with Crippen LogP contribution in [0, 0.1) is 0 Å². The van der Waals surface area contributed by atoms with Crippen molar-refractivity contribution >= 4 is 5.91 Å². The van der Waals surface area contributed by atoms with E-state index in [1.165, 1.54) is 0 Å². The van der Waals surface area contributed by atoms with Crippen LogP contribution in [0.15, 0.2) is 24.6 Å². The molecule has 1 rings (SSSR count). The topological polar surface area (TPSA) is 24.8 Å². The van der Waals surface area contributed by atoms with Crippen LogP contribution >= 0.6 is 0 Å². The smallest absolute Gasteiger partial charge is 0.331 e. The molecule has 1 aliphatic heterocycles. The average Bonchev–Trinajstić information content (AvgIpc) is 2.15. The van der Waals surface area contributed by atoms with Crippen molar-refractivity contribution < 1.29 is 22.9 Å². The fraction of sp³-hybridized carbons (Fsp3) is 0.444. The van der Waals surface area contributed by atoms with Gasteiger partial charge in [0.2, 0.25) is 0 Å². The summed E-state index contributed by atoms with van der Waals surface area (Å²) in [7, 11) is 3.75. The molecule has 0 spiro atoms. The Morgan fingerprint density at radius 3 is 2.07 bits per heavy atom. The van der Waals surface area contributed by atoms with Gasteiger partial charge in [-0.05, 0) is 12.2 Å². The van der Waals surface area contributed by atoms with Crippen LogP contribution in [0.2, 0.25) is 0 Å². The predicted octanol–water partition coefficient (Wildman–Crippen LogP) is -0.0686. The van der Waals surface area contributed by atoms with E-state index >= 15 is 0 Å². The van der Waals surface area contributed by atoms with E-state index in [4.69, 9.17) is 0 Å². The monoisotopic (exact) mass is 221 g/mol. The number of hydrogen-bond donors (Lipinski definition) is 1. The Bertz CT molecular complexity index is 293. The van der Waals surface area contributed by atoms with Crippen molar-refractivity contribution in [3.8, 4) is 0 Å². The van der Waals surface area contributed by atoms with E-state index in [1.807, 2.05) is 14.1 Å². The molecule has 15 heavy (non-hydrogen) atoms. The molecular weight excluding hydrogens is 209 g/mol. The molecule has 0 aromatic carbocycles. The number of amides is 1. The predicted molar refractivity (Wildman–Crippen MR) is 47.8 cm³/mol. The van der Waals surface area contributed by atoms with E-state index in [2.05, 4.69) is 0 Å². The summed E-state index contributed by atoms with van der Waals surface area (Å²) >= 11 is 0. The summed E-state index contributed by atoms with van der Waals surface area (Å²) < 4.78 is 36.1. The van der Waals surface area contributed by atoms with E-state index in [0.717, 1.165) is 17.3 Å². The van der Waals surface area contributed by atoms with Gasteiger partial charge in [-0.2, -0.15) is 13.2 Å². The maximum atomic E-state index is 12.0. The van der Waals surface area contributed by atoms with Crippen molar-refractivity contribution in [3.05, 3.63) is 24.6 Å². The van der Waals surface area contributed by atoms with E-state index in [-0.39, 0.29) is 6.04 Å². The Hall–Kier alpha value is -1.30. The SMILES string of the molecule is C[NH+](C)C1C=CN(C(=O)C(F)(F)F)C=C1. The number of likely N-dealkylation sites (N-methyl/N-ethyl adjacent to an activating group) is 1. The first-order chi connectivity index (χ1) is 6.82. The van der Waals surface area contributed by atoms with Crippen LogP contribution in [-0.4, -0.2) is 37.1 Å². The summed E-state index contributed by atoms with van der Waals surface area (Å²) in [6, 6.07) is 0.00211. The lowest BCUT2D eigenvalue weighted by Gasteiger charge is -2.22. The lowest BCUT2D eigenvalue weighted by molar-refractivity contribution is -0.871. The summed E-state index contributed by atoms with van der Waals surface area (Å²) in [4.78, 5) is 12.4. The van der Waals surface area contributed by atoms with Gasteiger partial charge in [-0.3, -0.25) is 9.69 Å². The normalized spacial score (nSPS) is 17.6. The lowest BCUT2D eigenvalue weighted by atomic mass is 10.2. The molecule has 3 nitrogen and oxygen atoms in total. The highest BCUT2D eigenvalue weighted by Gasteiger charge is 2.41. The van der Waals surface area contributed by atoms with Crippen LogP contribution in [0.3, 0.4) is 0 Å². The molecule has 0 bridgehead atoms. The molecule has 0 atom stereocenters. The van der Waals surface area contributed by atoms with Crippen molar-refractivity contribution in [2.45, 2.75) is 12.2 Å². The first kappa shape index (κ1) is 11.8. The Morgan fingerprint density at radius 2 is 1.73 bits per heavy atom. The highest BCUT2D eigenvalue weighted by atomic mass is 19.4. The minimum Gasteiger partial charge on any atom is -0.331 e. The van der Waals surface area contributed by atoms with Gasteiger partial charge in [-0.1, -0.05) is 0 Å². The molecule has 0 saturated carbocycles. The molecule has 0 fully saturated rings. The summed E-state index contributed by atoms with van der Waals surface area (Å²) in [5.41, 5.74) is 0. The van der Waals surface area contributed by atoms with Crippen molar-refractivity contribution in [1.82, 2.24) is 4.90 Å². The maximum absolute atomic E-state index is 12.0. The molecular formula is C9H12F3N2O+. The first-order valence-electron chi connectivity index (χ1n) is 4.38. The van der Waals surface area contributed by atoms with Gasteiger partial charge in [-0.25, -0.2) is 0 Å². The van der Waals surface area contributed by atoms with Crippen molar-refractivity contribution in [2.24, 2.45) is 0 Å². The molecule has 0 unspecified atom stereocenters. The highest BCUT2D eigenvalue weighted by Crippen LogP contribution is 2.19. The van der Waals surface area contributed by atoms with Crippen LogP contribution in [0.4, 0.5) is 13.2 Å². The Balaban J connectivity index is 2.69. The van der Waals surface area contributed by atoms with Gasteiger partial charge in [0, 0.05) is 12.4 Å². The third-order valence-corrected chi connectivity index (χ3v) is 2.05. The minimum absolute atomic E-state index is 0.00211. The maximum Gasteiger partial charge on any atom is 0.472 e. The zero-order chi connectivity index (χ0) is 11.6. The highest BCUT2D eigenvalue weighted by molar-refractivity contribution is 5.83. The first-order valence-corrected chi connectivity index (χ1v) is 4.38. The number of quaternary nitrogens is 1. The third kappa shape index (κ3) is 2.82. The summed E-state index contributed by atoms with van der Waals surface area (Å²) in [6.07, 6.45) is 0.575. The average molecular weight is 221 g/mol. The van der Waals surface area contributed by atoms with Crippen molar-refractivity contribution in [1.29, 1.82) is 0 Å². The van der Waals surface area contributed by atoms with Crippen molar-refractivity contribution in [3.63, 3.8) is 0 Å². The second kappa shape index (κ2) is 4.06. The Labute approximate surface area is 85.5 Å². The summed E-state index contributed by atoms with van der Waals surface area (Å²) in [6.45, 7) is 0. The zero-order valence-corrected chi connectivity index (χ0v) is 8.38. The molecule has 1 aliphatic rings. The van der Waals surface area contributed by atoms with E-state index in [0.29, 0.717) is 4.90 Å². The van der Waals surface area contributed by atoms with E-state index in [9.17, 15) is 18.0 Å². The number of nitrogens with one attached hydrogen (secondary N) is 1. The number of carbonyl (C=O) groups is 1. The molecule has 0 saturated heterocycles. The van der Waals surface area contributed by atoms with Gasteiger partial charge in [-0.15, -0.1) is 0 Å². The molecule has 0 radical (unpaired) electrons. The number of nitrogens with zero attached hydrogens (tertiary/aromatic N) is 1. The second-order valence-electron chi connectivity index (χ2n) is 3.50. The molecule has 1 N–H and O–H groups in total. The fourth-order valence-electron chi connectivity index (χ4n) is 1.15. The summed E-state index contributed by atoms with van der Waals surface area (Å²) in [5, 5.41) is 0. The van der Waals surface area contributed by atoms with Gasteiger partial charge in [0.05, 0.1) is 14.1 Å². The lowest BCUT2D eigenvalue weighted by Crippen LogP contribution is -3.09. The van der Waals surface area contributed by atoms with Gasteiger partial charge in [0.25, 0.3) is 0 Å². The number of rotatable bonds is 1. The van der Waals surface area contributed by atoms with Gasteiger partial charge < -0.3 is 4.90 Å². The number of hydrogen-bond acceptors (Lipinski definition) is 1. The largest absolute Gasteiger partial charge is 0.472 e. The zero-order valence-electron chi connectivity index (χ0n) is 8.38. The number of carbonyl (C=O) groups excluding carboxylic acids is 1. The molecule has 0 aromatic heterocycles. The molecule has 84 valence electrons. The molecule has 6 heteroatoms.